The normalized spacial score (nSPS) is 20.8. The van der Waals surface area contributed by atoms with E-state index in [1.165, 1.54) is 0 Å². The molecule has 0 saturated heterocycles. The number of rotatable bonds is 1. The highest BCUT2D eigenvalue weighted by molar-refractivity contribution is 6.15. The van der Waals surface area contributed by atoms with E-state index in [2.05, 4.69) is 11.4 Å². The lowest BCUT2D eigenvalue weighted by Crippen LogP contribution is -2.39. The number of anilines is 2. The first-order chi connectivity index (χ1) is 15.3. The largest absolute Gasteiger partial charge is 0.438 e. The maximum Gasteiger partial charge on any atom is 0.221 e. The molecule has 0 aliphatic carbocycles. The molecule has 0 saturated carbocycles. The van der Waals surface area contributed by atoms with Gasteiger partial charge >= 0.3 is 0 Å². The van der Waals surface area contributed by atoms with Crippen LogP contribution in [-0.2, 0) is 0 Å². The highest BCUT2D eigenvalue weighted by Gasteiger charge is 2.45. The average Bonchev–Trinajstić information content (AvgIpc) is 3.41. The average molecular weight is 404 g/mol. The number of nitriles is 1. The molecule has 6 rings (SSSR count). The van der Waals surface area contributed by atoms with E-state index in [0.717, 1.165) is 16.9 Å². The lowest BCUT2D eigenvalue weighted by atomic mass is 9.81. The van der Waals surface area contributed by atoms with E-state index in [0.29, 0.717) is 34.4 Å². The van der Waals surface area contributed by atoms with Gasteiger partial charge in [-0.2, -0.15) is 5.26 Å². The first kappa shape index (κ1) is 17.4. The monoisotopic (exact) mass is 404 g/mol. The number of para-hydroxylation sites is 4. The summed E-state index contributed by atoms with van der Waals surface area (Å²) in [5, 5.41) is 22.6. The number of benzene rings is 3. The van der Waals surface area contributed by atoms with Gasteiger partial charge in [-0.05, 0) is 29.8 Å². The van der Waals surface area contributed by atoms with Gasteiger partial charge in [0.2, 0.25) is 11.8 Å². The summed E-state index contributed by atoms with van der Waals surface area (Å²) < 4.78 is 12.2. The second-order valence-corrected chi connectivity index (χ2v) is 7.39. The summed E-state index contributed by atoms with van der Waals surface area (Å²) in [4.78, 5) is 1.68. The van der Waals surface area contributed by atoms with Crippen molar-refractivity contribution in [1.29, 1.82) is 10.7 Å². The van der Waals surface area contributed by atoms with Gasteiger partial charge in [-0.25, -0.2) is 0 Å². The van der Waals surface area contributed by atoms with E-state index >= 15 is 0 Å². The van der Waals surface area contributed by atoms with Crippen molar-refractivity contribution in [1.82, 2.24) is 0 Å². The Morgan fingerprint density at radius 1 is 0.871 bits per heavy atom. The first-order valence-corrected chi connectivity index (χ1v) is 9.89. The minimum absolute atomic E-state index is 0.211. The predicted octanol–water partition coefficient (Wildman–Crippen LogP) is 5.11. The Labute approximate surface area is 178 Å². The van der Waals surface area contributed by atoms with E-state index in [1.54, 1.807) is 4.90 Å². The lowest BCUT2D eigenvalue weighted by molar-refractivity contribution is 0.430. The zero-order chi connectivity index (χ0) is 20.9. The molecule has 3 aliphatic heterocycles. The Morgan fingerprint density at radius 2 is 1.58 bits per heavy atom. The van der Waals surface area contributed by atoms with Crippen LogP contribution in [0.2, 0.25) is 0 Å². The molecular formula is C25H16N4O2. The molecule has 3 heterocycles. The number of allylic oxidation sites excluding steroid dienone is 1. The lowest BCUT2D eigenvalue weighted by Gasteiger charge is -2.33. The molecule has 6 heteroatoms. The number of hydrogen-bond acceptors (Lipinski definition) is 5. The van der Waals surface area contributed by atoms with Gasteiger partial charge in [0.1, 0.15) is 17.5 Å². The predicted molar refractivity (Wildman–Crippen MR) is 117 cm³/mol. The van der Waals surface area contributed by atoms with Crippen LogP contribution in [0.25, 0.3) is 0 Å². The molecule has 31 heavy (non-hydrogen) atoms. The van der Waals surface area contributed by atoms with Gasteiger partial charge in [0.25, 0.3) is 0 Å². The van der Waals surface area contributed by atoms with E-state index in [9.17, 15) is 5.26 Å². The van der Waals surface area contributed by atoms with Crippen LogP contribution in [0.5, 0.6) is 11.5 Å². The molecule has 0 spiro atoms. The third-order valence-corrected chi connectivity index (χ3v) is 5.65. The Balaban J connectivity index is 1.61. The van der Waals surface area contributed by atoms with Crippen LogP contribution in [0.3, 0.4) is 0 Å². The van der Waals surface area contributed by atoms with Crippen LogP contribution in [0.15, 0.2) is 102 Å². The molecule has 3 aliphatic rings. The Morgan fingerprint density at radius 3 is 2.35 bits per heavy atom. The molecule has 3 aromatic carbocycles. The van der Waals surface area contributed by atoms with Crippen molar-refractivity contribution >= 4 is 17.2 Å². The zero-order valence-electron chi connectivity index (χ0n) is 16.3. The molecular weight excluding hydrogens is 388 g/mol. The van der Waals surface area contributed by atoms with Crippen molar-refractivity contribution in [2.75, 3.05) is 10.2 Å². The highest BCUT2D eigenvalue weighted by Crippen LogP contribution is 2.50. The summed E-state index contributed by atoms with van der Waals surface area (Å²) in [6, 6.07) is 27.2. The summed E-state index contributed by atoms with van der Waals surface area (Å²) >= 11 is 0. The number of ether oxygens (including phenoxy) is 2. The van der Waals surface area contributed by atoms with Gasteiger partial charge in [-0.3, -0.25) is 10.3 Å². The molecule has 148 valence electrons. The molecule has 0 aromatic heterocycles. The van der Waals surface area contributed by atoms with E-state index in [-0.39, 0.29) is 5.84 Å². The number of fused-ring (bicyclic) bond motifs is 4. The van der Waals surface area contributed by atoms with Gasteiger partial charge in [-0.1, -0.05) is 54.6 Å². The molecule has 1 atom stereocenters. The summed E-state index contributed by atoms with van der Waals surface area (Å²) in [6.07, 6.45) is 0. The van der Waals surface area contributed by atoms with Crippen molar-refractivity contribution in [3.8, 4) is 17.6 Å². The number of nitrogens with one attached hydrogen (secondary N) is 2. The van der Waals surface area contributed by atoms with Gasteiger partial charge in [0.15, 0.2) is 11.5 Å². The van der Waals surface area contributed by atoms with Crippen LogP contribution in [0.1, 0.15) is 11.5 Å². The standard InChI is InChI=1S/C25H16N4O2/c26-14-16-21(15-8-2-1-3-9-15)22(24-28-17-10-4-6-12-19(17)30-24)23(27)29-18-11-5-7-13-20(18)31-25(16)29/h1-13,21,27-28H/b24-22+,27-23?. The van der Waals surface area contributed by atoms with Crippen molar-refractivity contribution in [3.05, 3.63) is 107 Å². The topological polar surface area (TPSA) is 81.4 Å². The number of nitrogens with zero attached hydrogens (tertiary/aromatic N) is 2. The summed E-state index contributed by atoms with van der Waals surface area (Å²) in [6.45, 7) is 0. The summed E-state index contributed by atoms with van der Waals surface area (Å²) in [5.74, 6) is 1.85. The molecule has 0 amide bonds. The highest BCUT2D eigenvalue weighted by atomic mass is 16.5. The first-order valence-electron chi connectivity index (χ1n) is 9.89. The smallest absolute Gasteiger partial charge is 0.221 e. The minimum atomic E-state index is -0.504. The van der Waals surface area contributed by atoms with Crippen LogP contribution < -0.4 is 19.7 Å². The van der Waals surface area contributed by atoms with Crippen molar-refractivity contribution < 1.29 is 9.47 Å². The fourth-order valence-corrected chi connectivity index (χ4v) is 4.28. The molecule has 0 fully saturated rings. The fraction of sp³-hybridized carbons (Fsp3) is 0.0400. The molecule has 1 unspecified atom stereocenters. The second-order valence-electron chi connectivity index (χ2n) is 7.39. The fourth-order valence-electron chi connectivity index (χ4n) is 4.28. The Bertz CT molecular complexity index is 1320. The van der Waals surface area contributed by atoms with Crippen molar-refractivity contribution in [2.45, 2.75) is 5.92 Å². The van der Waals surface area contributed by atoms with Crippen molar-refractivity contribution in [3.63, 3.8) is 0 Å². The third-order valence-electron chi connectivity index (χ3n) is 5.65. The molecule has 3 aromatic rings. The maximum absolute atomic E-state index is 10.2. The summed E-state index contributed by atoms with van der Waals surface area (Å²) in [5.41, 5.74) is 3.47. The van der Waals surface area contributed by atoms with Crippen molar-refractivity contribution in [2.24, 2.45) is 0 Å². The van der Waals surface area contributed by atoms with Gasteiger partial charge in [-0.15, -0.1) is 0 Å². The Hall–Kier alpha value is -4.50. The quantitative estimate of drug-likeness (QED) is 0.589. The van der Waals surface area contributed by atoms with Gasteiger partial charge in [0, 0.05) is 0 Å². The molecule has 6 nitrogen and oxygen atoms in total. The molecule has 0 bridgehead atoms. The minimum Gasteiger partial charge on any atom is -0.438 e. The van der Waals surface area contributed by atoms with Crippen LogP contribution >= 0.6 is 0 Å². The van der Waals surface area contributed by atoms with E-state index in [1.807, 2.05) is 78.9 Å². The van der Waals surface area contributed by atoms with Crippen LogP contribution in [-0.4, -0.2) is 5.84 Å². The SMILES string of the molecule is N#CC1=C2Oc3ccccc3N2C(=N)/C(=C2\Nc3ccccc3O2)C1c1ccccc1. The third kappa shape index (κ3) is 2.47. The second kappa shape index (κ2) is 6.51. The maximum atomic E-state index is 10.2. The number of hydrogen-bond donors (Lipinski definition) is 2. The van der Waals surface area contributed by atoms with E-state index in [4.69, 9.17) is 14.9 Å². The molecule has 0 radical (unpaired) electrons. The zero-order valence-corrected chi connectivity index (χ0v) is 16.3. The summed E-state index contributed by atoms with van der Waals surface area (Å²) in [7, 11) is 0. The van der Waals surface area contributed by atoms with Crippen LogP contribution in [0.4, 0.5) is 11.4 Å². The van der Waals surface area contributed by atoms with Gasteiger partial charge < -0.3 is 14.8 Å². The van der Waals surface area contributed by atoms with Gasteiger partial charge in [0.05, 0.1) is 22.9 Å². The van der Waals surface area contributed by atoms with E-state index < -0.39 is 5.92 Å². The Kier molecular flexibility index (Phi) is 3.65. The number of amidine groups is 1. The van der Waals surface area contributed by atoms with Crippen LogP contribution in [0, 0.1) is 16.7 Å². The molecule has 2 N–H and O–H groups in total.